The van der Waals surface area contributed by atoms with E-state index in [0.717, 1.165) is 19.6 Å². The van der Waals surface area contributed by atoms with Crippen LogP contribution in [0.25, 0.3) is 0 Å². The second-order valence-electron chi connectivity index (χ2n) is 3.30. The molecule has 0 aromatic rings. The van der Waals surface area contributed by atoms with Crippen molar-refractivity contribution in [1.29, 1.82) is 0 Å². The fourth-order valence-corrected chi connectivity index (χ4v) is 3.54. The van der Waals surface area contributed by atoms with Crippen molar-refractivity contribution >= 4 is 45.2 Å². The summed E-state index contributed by atoms with van der Waals surface area (Å²) in [6.45, 7) is 1.74. The summed E-state index contributed by atoms with van der Waals surface area (Å²) in [7, 11) is 0. The maximum absolute atomic E-state index is 5.70. The van der Waals surface area contributed by atoms with Crippen molar-refractivity contribution in [3.05, 3.63) is 0 Å². The summed E-state index contributed by atoms with van der Waals surface area (Å²) >= 11 is 4.84. The van der Waals surface area contributed by atoms with E-state index in [-0.39, 0.29) is 6.29 Å². The van der Waals surface area contributed by atoms with E-state index in [0.29, 0.717) is 5.92 Å². The van der Waals surface area contributed by atoms with Gasteiger partial charge in [0.05, 0.1) is 6.61 Å². The number of rotatable bonds is 5. The van der Waals surface area contributed by atoms with Gasteiger partial charge in [-0.1, -0.05) is 45.2 Å². The summed E-state index contributed by atoms with van der Waals surface area (Å²) in [6.07, 6.45) is 3.61. The predicted octanol–water partition coefficient (Wildman–Crippen LogP) is 3.02. The quantitative estimate of drug-likeness (QED) is 0.513. The molecule has 1 unspecified atom stereocenters. The Balaban J connectivity index is 2.09. The molecule has 2 nitrogen and oxygen atoms in total. The van der Waals surface area contributed by atoms with Crippen LogP contribution in [0.5, 0.6) is 0 Å². The van der Waals surface area contributed by atoms with Crippen molar-refractivity contribution in [2.24, 2.45) is 5.92 Å². The van der Waals surface area contributed by atoms with Crippen molar-refractivity contribution < 1.29 is 9.47 Å². The van der Waals surface area contributed by atoms with Gasteiger partial charge >= 0.3 is 0 Å². The van der Waals surface area contributed by atoms with Crippen molar-refractivity contribution in [1.82, 2.24) is 0 Å². The van der Waals surface area contributed by atoms with Crippen molar-refractivity contribution in [2.75, 3.05) is 22.1 Å². The Morgan fingerprint density at radius 3 is 2.62 bits per heavy atom. The van der Waals surface area contributed by atoms with Gasteiger partial charge in [0.2, 0.25) is 0 Å². The van der Waals surface area contributed by atoms with E-state index in [4.69, 9.17) is 9.47 Å². The number of halogens is 2. The number of alkyl halides is 2. The summed E-state index contributed by atoms with van der Waals surface area (Å²) in [5.41, 5.74) is 0. The van der Waals surface area contributed by atoms with E-state index in [1.165, 1.54) is 21.7 Å². The molecule has 78 valence electrons. The zero-order valence-corrected chi connectivity index (χ0v) is 12.0. The standard InChI is InChI=1S/C9H16I2O2/c10-5-8(6-11)7-13-9-3-1-2-4-12-9/h8-9H,1-7H2. The Labute approximate surface area is 107 Å². The zero-order chi connectivity index (χ0) is 9.52. The minimum atomic E-state index is 0.0853. The van der Waals surface area contributed by atoms with Crippen LogP contribution in [0, 0.1) is 5.92 Å². The molecule has 1 rings (SSSR count). The van der Waals surface area contributed by atoms with Crippen LogP contribution in [-0.2, 0) is 9.47 Å². The van der Waals surface area contributed by atoms with E-state index < -0.39 is 0 Å². The first kappa shape index (κ1) is 12.4. The van der Waals surface area contributed by atoms with Crippen LogP contribution in [0.1, 0.15) is 19.3 Å². The van der Waals surface area contributed by atoms with E-state index in [9.17, 15) is 0 Å². The van der Waals surface area contributed by atoms with E-state index in [1.54, 1.807) is 0 Å². The number of hydrogen-bond donors (Lipinski definition) is 0. The van der Waals surface area contributed by atoms with Gasteiger partial charge in [-0.15, -0.1) is 0 Å². The summed E-state index contributed by atoms with van der Waals surface area (Å²) in [4.78, 5) is 0. The Morgan fingerprint density at radius 2 is 2.08 bits per heavy atom. The number of hydrogen-bond acceptors (Lipinski definition) is 2. The zero-order valence-electron chi connectivity index (χ0n) is 7.68. The van der Waals surface area contributed by atoms with Crippen LogP contribution in [0.3, 0.4) is 0 Å². The van der Waals surface area contributed by atoms with E-state index >= 15 is 0 Å². The fourth-order valence-electron chi connectivity index (χ4n) is 1.22. The van der Waals surface area contributed by atoms with Crippen molar-refractivity contribution in [2.45, 2.75) is 25.6 Å². The lowest BCUT2D eigenvalue weighted by molar-refractivity contribution is -0.166. The van der Waals surface area contributed by atoms with Crippen LogP contribution < -0.4 is 0 Å². The number of ether oxygens (including phenoxy) is 2. The molecule has 1 fully saturated rings. The molecule has 1 aliphatic heterocycles. The molecular formula is C9H16I2O2. The summed E-state index contributed by atoms with van der Waals surface area (Å²) in [5.74, 6) is 0.687. The van der Waals surface area contributed by atoms with Crippen molar-refractivity contribution in [3.8, 4) is 0 Å². The maximum atomic E-state index is 5.70. The highest BCUT2D eigenvalue weighted by molar-refractivity contribution is 14.1. The molecule has 1 atom stereocenters. The fraction of sp³-hybridized carbons (Fsp3) is 1.00. The highest BCUT2D eigenvalue weighted by Gasteiger charge is 2.15. The lowest BCUT2D eigenvalue weighted by atomic mass is 10.2. The van der Waals surface area contributed by atoms with Gasteiger partial charge in [-0.05, 0) is 19.3 Å². The molecule has 4 heteroatoms. The molecule has 13 heavy (non-hydrogen) atoms. The molecule has 1 heterocycles. The van der Waals surface area contributed by atoms with Gasteiger partial charge in [-0.25, -0.2) is 0 Å². The molecule has 0 aromatic carbocycles. The molecular weight excluding hydrogens is 394 g/mol. The molecule has 1 saturated heterocycles. The van der Waals surface area contributed by atoms with Crippen LogP contribution in [0.4, 0.5) is 0 Å². The average Bonchev–Trinajstić information content (AvgIpc) is 2.21. The summed E-state index contributed by atoms with van der Waals surface area (Å²) < 4.78 is 13.5. The Hall–Kier alpha value is 1.38. The first-order valence-corrected chi connectivity index (χ1v) is 7.77. The lowest BCUT2D eigenvalue weighted by Crippen LogP contribution is -2.25. The second kappa shape index (κ2) is 7.64. The first-order valence-electron chi connectivity index (χ1n) is 4.72. The molecule has 0 amide bonds. The topological polar surface area (TPSA) is 18.5 Å². The van der Waals surface area contributed by atoms with Crippen LogP contribution in [-0.4, -0.2) is 28.4 Å². The molecule has 1 aliphatic rings. The van der Waals surface area contributed by atoms with Gasteiger partial charge in [-0.2, -0.15) is 0 Å². The smallest absolute Gasteiger partial charge is 0.157 e. The Bertz CT molecular complexity index is 123. The van der Waals surface area contributed by atoms with Gasteiger partial charge < -0.3 is 9.47 Å². The maximum Gasteiger partial charge on any atom is 0.157 e. The van der Waals surface area contributed by atoms with Crippen LogP contribution >= 0.6 is 45.2 Å². The van der Waals surface area contributed by atoms with Gasteiger partial charge in [0, 0.05) is 21.4 Å². The third-order valence-corrected chi connectivity index (χ3v) is 4.58. The van der Waals surface area contributed by atoms with Gasteiger partial charge in [0.25, 0.3) is 0 Å². The second-order valence-corrected chi connectivity index (χ2v) is 5.07. The van der Waals surface area contributed by atoms with Gasteiger partial charge in [-0.3, -0.25) is 0 Å². The summed E-state index contributed by atoms with van der Waals surface area (Å²) in [5, 5.41) is 0. The first-order chi connectivity index (χ1) is 6.36. The minimum absolute atomic E-state index is 0.0853. The Morgan fingerprint density at radius 1 is 1.31 bits per heavy atom. The third kappa shape index (κ3) is 5.13. The van der Waals surface area contributed by atoms with Gasteiger partial charge in [0.15, 0.2) is 6.29 Å². The highest BCUT2D eigenvalue weighted by atomic mass is 127. The van der Waals surface area contributed by atoms with Gasteiger partial charge in [0.1, 0.15) is 0 Å². The monoisotopic (exact) mass is 410 g/mol. The largest absolute Gasteiger partial charge is 0.353 e. The molecule has 0 aliphatic carbocycles. The summed E-state index contributed by atoms with van der Waals surface area (Å²) in [6, 6.07) is 0. The molecule has 0 spiro atoms. The van der Waals surface area contributed by atoms with Crippen LogP contribution in [0.15, 0.2) is 0 Å². The molecule has 0 bridgehead atoms. The molecule has 0 radical (unpaired) electrons. The predicted molar refractivity (Wildman–Crippen MR) is 70.8 cm³/mol. The highest BCUT2D eigenvalue weighted by Crippen LogP contribution is 2.16. The van der Waals surface area contributed by atoms with E-state index in [2.05, 4.69) is 45.2 Å². The SMILES string of the molecule is ICC(CI)COC1CCCCO1. The van der Waals surface area contributed by atoms with Crippen molar-refractivity contribution in [3.63, 3.8) is 0 Å². The molecule has 0 saturated carbocycles. The Kier molecular flexibility index (Phi) is 7.32. The average molecular weight is 410 g/mol. The molecule has 0 aromatic heterocycles. The lowest BCUT2D eigenvalue weighted by Gasteiger charge is -2.24. The molecule has 0 N–H and O–H groups in total. The normalized spacial score (nSPS) is 23.8. The van der Waals surface area contributed by atoms with Crippen LogP contribution in [0.2, 0.25) is 0 Å². The minimum Gasteiger partial charge on any atom is -0.353 e. The third-order valence-electron chi connectivity index (χ3n) is 2.09. The van der Waals surface area contributed by atoms with E-state index in [1.807, 2.05) is 0 Å².